The van der Waals surface area contributed by atoms with Crippen molar-refractivity contribution >= 4 is 17.5 Å². The zero-order valence-corrected chi connectivity index (χ0v) is 12.3. The SMILES string of the molecule is CCOc1ccc2c(c1)OC(=Cc1cccc([N+](=O)[O-])c1)C2=O. The number of carbonyl (C=O) groups excluding carboxylic acids is 1. The number of fused-ring (bicyclic) bond motifs is 1. The number of allylic oxidation sites excluding steroid dienone is 1. The molecule has 2 aromatic carbocycles. The normalized spacial score (nSPS) is 14.5. The Morgan fingerprint density at radius 2 is 2.09 bits per heavy atom. The summed E-state index contributed by atoms with van der Waals surface area (Å²) in [5.41, 5.74) is 0.937. The maximum absolute atomic E-state index is 12.3. The van der Waals surface area contributed by atoms with Gasteiger partial charge in [-0.15, -0.1) is 0 Å². The van der Waals surface area contributed by atoms with E-state index in [1.54, 1.807) is 30.3 Å². The van der Waals surface area contributed by atoms with E-state index in [-0.39, 0.29) is 17.2 Å². The molecule has 1 heterocycles. The first-order chi connectivity index (χ1) is 11.1. The average molecular weight is 311 g/mol. The molecule has 0 atom stereocenters. The van der Waals surface area contributed by atoms with Gasteiger partial charge >= 0.3 is 0 Å². The third-order valence-electron chi connectivity index (χ3n) is 3.33. The molecule has 0 unspecified atom stereocenters. The summed E-state index contributed by atoms with van der Waals surface area (Å²) in [6.45, 7) is 2.38. The van der Waals surface area contributed by atoms with Crippen molar-refractivity contribution in [1.29, 1.82) is 0 Å². The highest BCUT2D eigenvalue weighted by Crippen LogP contribution is 2.35. The van der Waals surface area contributed by atoms with Crippen LogP contribution in [0.15, 0.2) is 48.2 Å². The van der Waals surface area contributed by atoms with E-state index in [1.807, 2.05) is 6.92 Å². The number of benzene rings is 2. The van der Waals surface area contributed by atoms with Crippen molar-refractivity contribution < 1.29 is 19.2 Å². The Hall–Kier alpha value is -3.15. The second kappa shape index (κ2) is 5.92. The topological polar surface area (TPSA) is 78.7 Å². The average Bonchev–Trinajstić information content (AvgIpc) is 2.84. The molecule has 0 spiro atoms. The summed E-state index contributed by atoms with van der Waals surface area (Å²) in [5.74, 6) is 0.928. The van der Waals surface area contributed by atoms with Crippen LogP contribution in [0, 0.1) is 10.1 Å². The van der Waals surface area contributed by atoms with E-state index in [9.17, 15) is 14.9 Å². The second-order valence-electron chi connectivity index (χ2n) is 4.88. The lowest BCUT2D eigenvalue weighted by molar-refractivity contribution is -0.384. The van der Waals surface area contributed by atoms with Crippen LogP contribution in [0.3, 0.4) is 0 Å². The number of nitro benzene ring substituents is 1. The summed E-state index contributed by atoms with van der Waals surface area (Å²) in [7, 11) is 0. The van der Waals surface area contributed by atoms with E-state index in [2.05, 4.69) is 0 Å². The van der Waals surface area contributed by atoms with Crippen LogP contribution in [0.2, 0.25) is 0 Å². The Morgan fingerprint density at radius 1 is 1.26 bits per heavy atom. The molecule has 0 saturated heterocycles. The van der Waals surface area contributed by atoms with Gasteiger partial charge < -0.3 is 9.47 Å². The smallest absolute Gasteiger partial charge is 0.270 e. The number of carbonyl (C=O) groups is 1. The Balaban J connectivity index is 1.92. The fourth-order valence-electron chi connectivity index (χ4n) is 2.30. The Morgan fingerprint density at radius 3 is 2.83 bits per heavy atom. The zero-order valence-electron chi connectivity index (χ0n) is 12.3. The summed E-state index contributed by atoms with van der Waals surface area (Å²) < 4.78 is 10.9. The zero-order chi connectivity index (χ0) is 16.4. The molecule has 116 valence electrons. The number of rotatable bonds is 4. The Kier molecular flexibility index (Phi) is 3.80. The van der Waals surface area contributed by atoms with Crippen LogP contribution in [0.4, 0.5) is 5.69 Å². The Labute approximate surface area is 132 Å². The van der Waals surface area contributed by atoms with Gasteiger partial charge in [-0.05, 0) is 30.7 Å². The molecule has 6 nitrogen and oxygen atoms in total. The molecule has 6 heteroatoms. The summed E-state index contributed by atoms with van der Waals surface area (Å²) in [6.07, 6.45) is 1.50. The highest BCUT2D eigenvalue weighted by atomic mass is 16.6. The second-order valence-corrected chi connectivity index (χ2v) is 4.88. The Bertz CT molecular complexity index is 825. The van der Waals surface area contributed by atoms with Crippen molar-refractivity contribution in [2.45, 2.75) is 6.92 Å². The van der Waals surface area contributed by atoms with E-state index < -0.39 is 4.92 Å². The van der Waals surface area contributed by atoms with E-state index in [0.29, 0.717) is 29.2 Å². The summed E-state index contributed by atoms with van der Waals surface area (Å²) in [4.78, 5) is 22.6. The number of nitro groups is 1. The van der Waals surface area contributed by atoms with Crippen LogP contribution < -0.4 is 9.47 Å². The minimum absolute atomic E-state index is 0.0408. The van der Waals surface area contributed by atoms with Crippen LogP contribution in [0.1, 0.15) is 22.8 Å². The summed E-state index contributed by atoms with van der Waals surface area (Å²) in [5, 5.41) is 10.8. The fraction of sp³-hybridized carbons (Fsp3) is 0.118. The molecule has 0 N–H and O–H groups in total. The molecule has 2 aromatic rings. The molecule has 0 fully saturated rings. The van der Waals surface area contributed by atoms with Gasteiger partial charge in [-0.1, -0.05) is 12.1 Å². The van der Waals surface area contributed by atoms with Crippen LogP contribution in [-0.2, 0) is 0 Å². The molecule has 0 aromatic heterocycles. The summed E-state index contributed by atoms with van der Waals surface area (Å²) >= 11 is 0. The quantitative estimate of drug-likeness (QED) is 0.489. The van der Waals surface area contributed by atoms with Gasteiger partial charge in [-0.3, -0.25) is 14.9 Å². The minimum atomic E-state index is -0.484. The predicted octanol–water partition coefficient (Wildman–Crippen LogP) is 3.61. The van der Waals surface area contributed by atoms with Gasteiger partial charge in [0.25, 0.3) is 5.69 Å². The monoisotopic (exact) mass is 311 g/mol. The van der Waals surface area contributed by atoms with Crippen molar-refractivity contribution in [1.82, 2.24) is 0 Å². The van der Waals surface area contributed by atoms with Crippen molar-refractivity contribution in [3.63, 3.8) is 0 Å². The van der Waals surface area contributed by atoms with Gasteiger partial charge in [0, 0.05) is 18.2 Å². The van der Waals surface area contributed by atoms with Crippen LogP contribution >= 0.6 is 0 Å². The van der Waals surface area contributed by atoms with Gasteiger partial charge in [0.2, 0.25) is 5.78 Å². The maximum Gasteiger partial charge on any atom is 0.270 e. The third kappa shape index (κ3) is 2.91. The first-order valence-electron chi connectivity index (χ1n) is 7.04. The highest BCUT2D eigenvalue weighted by Gasteiger charge is 2.27. The lowest BCUT2D eigenvalue weighted by Gasteiger charge is -2.03. The van der Waals surface area contributed by atoms with Gasteiger partial charge in [0.15, 0.2) is 5.76 Å². The van der Waals surface area contributed by atoms with Crippen LogP contribution in [-0.4, -0.2) is 17.3 Å². The highest BCUT2D eigenvalue weighted by molar-refractivity contribution is 6.14. The van der Waals surface area contributed by atoms with E-state index in [4.69, 9.17) is 9.47 Å². The van der Waals surface area contributed by atoms with Gasteiger partial charge in [0.1, 0.15) is 11.5 Å². The fourth-order valence-corrected chi connectivity index (χ4v) is 2.30. The molecule has 0 bridgehead atoms. The maximum atomic E-state index is 12.3. The van der Waals surface area contributed by atoms with Crippen LogP contribution in [0.5, 0.6) is 11.5 Å². The van der Waals surface area contributed by atoms with Crippen molar-refractivity contribution in [3.05, 3.63) is 69.5 Å². The number of ketones is 1. The first kappa shape index (κ1) is 14.8. The first-order valence-corrected chi connectivity index (χ1v) is 7.04. The molecule has 0 radical (unpaired) electrons. The molecule has 1 aliphatic heterocycles. The molecular formula is C17H13NO5. The number of non-ortho nitro benzene ring substituents is 1. The number of hydrogen-bond donors (Lipinski definition) is 0. The summed E-state index contributed by atoms with van der Waals surface area (Å²) in [6, 6.07) is 11.0. The molecule has 0 aliphatic carbocycles. The van der Waals surface area contributed by atoms with Crippen LogP contribution in [0.25, 0.3) is 6.08 Å². The van der Waals surface area contributed by atoms with Gasteiger partial charge in [-0.2, -0.15) is 0 Å². The molecule has 1 aliphatic rings. The number of hydrogen-bond acceptors (Lipinski definition) is 5. The van der Waals surface area contributed by atoms with Crippen molar-refractivity contribution in [3.8, 4) is 11.5 Å². The standard InChI is InChI=1S/C17H13NO5/c1-2-22-13-6-7-14-15(10-13)23-16(17(14)19)9-11-4-3-5-12(8-11)18(20)21/h3-10H,2H2,1H3. The molecule has 3 rings (SSSR count). The number of ether oxygens (including phenoxy) is 2. The molecule has 0 saturated carbocycles. The van der Waals surface area contributed by atoms with Crippen molar-refractivity contribution in [2.75, 3.05) is 6.61 Å². The van der Waals surface area contributed by atoms with Crippen molar-refractivity contribution in [2.24, 2.45) is 0 Å². The lowest BCUT2D eigenvalue weighted by atomic mass is 10.1. The predicted molar refractivity (Wildman–Crippen MR) is 83.6 cm³/mol. The van der Waals surface area contributed by atoms with E-state index in [1.165, 1.54) is 18.2 Å². The molecule has 23 heavy (non-hydrogen) atoms. The van der Waals surface area contributed by atoms with Gasteiger partial charge in [-0.25, -0.2) is 0 Å². The number of Topliss-reactive ketones (excluding diaryl/α,β-unsaturated/α-hetero) is 1. The van der Waals surface area contributed by atoms with E-state index >= 15 is 0 Å². The molecular weight excluding hydrogens is 298 g/mol. The number of nitrogens with zero attached hydrogens (tertiary/aromatic N) is 1. The van der Waals surface area contributed by atoms with E-state index in [0.717, 1.165) is 0 Å². The largest absolute Gasteiger partial charge is 0.494 e. The minimum Gasteiger partial charge on any atom is -0.494 e. The third-order valence-corrected chi connectivity index (χ3v) is 3.33. The molecule has 0 amide bonds. The van der Waals surface area contributed by atoms with Gasteiger partial charge in [0.05, 0.1) is 17.1 Å². The lowest BCUT2D eigenvalue weighted by Crippen LogP contribution is -1.98.